The van der Waals surface area contributed by atoms with Crippen LogP contribution in [0.5, 0.6) is 0 Å². The summed E-state index contributed by atoms with van der Waals surface area (Å²) in [4.78, 5) is 38.4. The number of hydrogen-bond acceptors (Lipinski definition) is 3. The highest BCUT2D eigenvalue weighted by atomic mass is 16.4. The molecule has 2 heterocycles. The Balaban J connectivity index is 1.58. The van der Waals surface area contributed by atoms with Gasteiger partial charge < -0.3 is 20.2 Å². The number of likely N-dealkylation sites (tertiary alicyclic amines) is 1. The van der Waals surface area contributed by atoms with Gasteiger partial charge in [-0.25, -0.2) is 4.79 Å². The summed E-state index contributed by atoms with van der Waals surface area (Å²) in [5.74, 6) is -1.18. The Hall–Kier alpha value is -2.57. The smallest absolute Gasteiger partial charge is 0.317 e. The number of rotatable bonds is 4. The van der Waals surface area contributed by atoms with Gasteiger partial charge in [-0.05, 0) is 37.5 Å². The van der Waals surface area contributed by atoms with Crippen molar-refractivity contribution in [2.75, 3.05) is 24.5 Å². The first-order valence-electron chi connectivity index (χ1n) is 8.64. The molecule has 2 fully saturated rings. The maximum absolute atomic E-state index is 12.3. The Bertz CT molecular complexity index is 673. The van der Waals surface area contributed by atoms with Crippen molar-refractivity contribution in [3.63, 3.8) is 0 Å². The van der Waals surface area contributed by atoms with Crippen molar-refractivity contribution in [3.8, 4) is 0 Å². The molecule has 0 radical (unpaired) electrons. The molecule has 7 nitrogen and oxygen atoms in total. The number of anilines is 1. The van der Waals surface area contributed by atoms with Crippen molar-refractivity contribution < 1.29 is 19.5 Å². The maximum Gasteiger partial charge on any atom is 0.317 e. The molecule has 2 aliphatic heterocycles. The number of amides is 3. The molecule has 1 aromatic rings. The van der Waals surface area contributed by atoms with Crippen LogP contribution < -0.4 is 10.2 Å². The Kier molecular flexibility index (Phi) is 4.92. The highest BCUT2D eigenvalue weighted by Crippen LogP contribution is 2.24. The predicted octanol–water partition coefficient (Wildman–Crippen LogP) is 1.99. The molecule has 25 heavy (non-hydrogen) atoms. The number of urea groups is 1. The van der Waals surface area contributed by atoms with Gasteiger partial charge in [0.15, 0.2) is 0 Å². The van der Waals surface area contributed by atoms with E-state index in [2.05, 4.69) is 5.32 Å². The SMILES string of the molecule is CC(NC(=O)N1CCC(C(=O)O)C1)c1ccc(N2CCCC2=O)cc1. The molecule has 2 aliphatic rings. The van der Waals surface area contributed by atoms with Gasteiger partial charge in [0.25, 0.3) is 0 Å². The van der Waals surface area contributed by atoms with Gasteiger partial charge >= 0.3 is 12.0 Å². The van der Waals surface area contributed by atoms with Gasteiger partial charge in [-0.15, -0.1) is 0 Å². The average molecular weight is 345 g/mol. The zero-order valence-corrected chi connectivity index (χ0v) is 14.3. The molecular weight excluding hydrogens is 322 g/mol. The lowest BCUT2D eigenvalue weighted by Gasteiger charge is -2.22. The van der Waals surface area contributed by atoms with Crippen LogP contribution >= 0.6 is 0 Å². The van der Waals surface area contributed by atoms with Crippen LogP contribution in [0.2, 0.25) is 0 Å². The van der Waals surface area contributed by atoms with Gasteiger partial charge in [0.2, 0.25) is 5.91 Å². The van der Waals surface area contributed by atoms with E-state index in [0.29, 0.717) is 19.4 Å². The van der Waals surface area contributed by atoms with E-state index in [1.807, 2.05) is 31.2 Å². The van der Waals surface area contributed by atoms with Crippen LogP contribution in [0.1, 0.15) is 37.8 Å². The first-order chi connectivity index (χ1) is 12.0. The average Bonchev–Trinajstić information content (AvgIpc) is 3.24. The molecule has 2 unspecified atom stereocenters. The third kappa shape index (κ3) is 3.75. The fourth-order valence-electron chi connectivity index (χ4n) is 3.37. The molecule has 1 aromatic carbocycles. The van der Waals surface area contributed by atoms with E-state index in [1.54, 1.807) is 9.80 Å². The first-order valence-corrected chi connectivity index (χ1v) is 8.64. The van der Waals surface area contributed by atoms with E-state index < -0.39 is 11.9 Å². The Morgan fingerprint density at radius 1 is 1.24 bits per heavy atom. The number of benzene rings is 1. The topological polar surface area (TPSA) is 89.9 Å². The Morgan fingerprint density at radius 3 is 2.52 bits per heavy atom. The van der Waals surface area contributed by atoms with Crippen molar-refractivity contribution in [2.24, 2.45) is 5.92 Å². The van der Waals surface area contributed by atoms with Gasteiger partial charge in [-0.2, -0.15) is 0 Å². The van der Waals surface area contributed by atoms with E-state index in [4.69, 9.17) is 5.11 Å². The fraction of sp³-hybridized carbons (Fsp3) is 0.500. The normalized spacial score (nSPS) is 21.5. The number of carbonyl (C=O) groups excluding carboxylic acids is 2. The number of nitrogens with zero attached hydrogens (tertiary/aromatic N) is 2. The minimum Gasteiger partial charge on any atom is -0.481 e. The number of carbonyl (C=O) groups is 3. The lowest BCUT2D eigenvalue weighted by molar-refractivity contribution is -0.141. The zero-order valence-electron chi connectivity index (χ0n) is 14.3. The quantitative estimate of drug-likeness (QED) is 0.873. The number of aliphatic carboxylic acids is 1. The lowest BCUT2D eigenvalue weighted by atomic mass is 10.1. The number of carboxylic acids is 1. The molecule has 3 amide bonds. The molecule has 0 aromatic heterocycles. The minimum absolute atomic E-state index is 0.149. The van der Waals surface area contributed by atoms with Gasteiger partial charge in [0.1, 0.15) is 0 Å². The second-order valence-electron chi connectivity index (χ2n) is 6.68. The predicted molar refractivity (Wildman–Crippen MR) is 92.3 cm³/mol. The Morgan fingerprint density at radius 2 is 1.96 bits per heavy atom. The Labute approximate surface area is 146 Å². The van der Waals surface area contributed by atoms with Gasteiger partial charge in [-0.1, -0.05) is 12.1 Å². The van der Waals surface area contributed by atoms with Crippen molar-refractivity contribution in [1.29, 1.82) is 0 Å². The zero-order chi connectivity index (χ0) is 18.0. The summed E-state index contributed by atoms with van der Waals surface area (Å²) >= 11 is 0. The van der Waals surface area contributed by atoms with Crippen LogP contribution in [-0.4, -0.2) is 47.5 Å². The highest BCUT2D eigenvalue weighted by Gasteiger charge is 2.31. The monoisotopic (exact) mass is 345 g/mol. The van der Waals surface area contributed by atoms with E-state index in [-0.39, 0.29) is 24.5 Å². The molecule has 3 rings (SSSR count). The molecule has 134 valence electrons. The van der Waals surface area contributed by atoms with Crippen LogP contribution in [0.4, 0.5) is 10.5 Å². The van der Waals surface area contributed by atoms with Gasteiger partial charge in [-0.3, -0.25) is 9.59 Å². The fourth-order valence-corrected chi connectivity index (χ4v) is 3.37. The summed E-state index contributed by atoms with van der Waals surface area (Å²) < 4.78 is 0. The summed E-state index contributed by atoms with van der Waals surface area (Å²) in [7, 11) is 0. The summed E-state index contributed by atoms with van der Waals surface area (Å²) in [5, 5.41) is 11.9. The molecule has 0 saturated carbocycles. The van der Waals surface area contributed by atoms with Gasteiger partial charge in [0, 0.05) is 31.7 Å². The summed E-state index contributed by atoms with van der Waals surface area (Å²) in [6.45, 7) is 3.36. The van der Waals surface area contributed by atoms with Crippen molar-refractivity contribution >= 4 is 23.6 Å². The molecule has 2 saturated heterocycles. The maximum atomic E-state index is 12.3. The minimum atomic E-state index is -0.851. The van der Waals surface area contributed by atoms with E-state index in [0.717, 1.165) is 24.2 Å². The standard InChI is InChI=1S/C18H23N3O4/c1-12(19-18(25)20-10-8-14(11-20)17(23)24)13-4-6-15(7-5-13)21-9-2-3-16(21)22/h4-7,12,14H,2-3,8-11H2,1H3,(H,19,25)(H,23,24). The van der Waals surface area contributed by atoms with E-state index in [9.17, 15) is 14.4 Å². The second-order valence-corrected chi connectivity index (χ2v) is 6.68. The van der Waals surface area contributed by atoms with E-state index >= 15 is 0 Å². The third-order valence-electron chi connectivity index (χ3n) is 4.94. The molecular formula is C18H23N3O4. The number of hydrogen-bond donors (Lipinski definition) is 2. The molecule has 0 bridgehead atoms. The summed E-state index contributed by atoms with van der Waals surface area (Å²) in [6, 6.07) is 7.19. The van der Waals surface area contributed by atoms with Gasteiger partial charge in [0.05, 0.1) is 12.0 Å². The largest absolute Gasteiger partial charge is 0.481 e. The van der Waals surface area contributed by atoms with Crippen LogP contribution in [0.25, 0.3) is 0 Å². The summed E-state index contributed by atoms with van der Waals surface area (Å²) in [5.41, 5.74) is 1.83. The number of nitrogens with one attached hydrogen (secondary N) is 1. The molecule has 0 spiro atoms. The molecule has 2 N–H and O–H groups in total. The highest BCUT2D eigenvalue weighted by molar-refractivity contribution is 5.95. The molecule has 7 heteroatoms. The lowest BCUT2D eigenvalue weighted by Crippen LogP contribution is -2.40. The van der Waals surface area contributed by atoms with Crippen LogP contribution in [0.3, 0.4) is 0 Å². The van der Waals surface area contributed by atoms with E-state index in [1.165, 1.54) is 0 Å². The third-order valence-corrected chi connectivity index (χ3v) is 4.94. The van der Waals surface area contributed by atoms with Crippen molar-refractivity contribution in [3.05, 3.63) is 29.8 Å². The van der Waals surface area contributed by atoms with Crippen LogP contribution in [-0.2, 0) is 9.59 Å². The first kappa shape index (κ1) is 17.3. The second kappa shape index (κ2) is 7.13. The van der Waals surface area contributed by atoms with Crippen LogP contribution in [0.15, 0.2) is 24.3 Å². The molecule has 0 aliphatic carbocycles. The number of carboxylic acid groups (broad SMARTS) is 1. The van der Waals surface area contributed by atoms with Crippen molar-refractivity contribution in [1.82, 2.24) is 10.2 Å². The van der Waals surface area contributed by atoms with Crippen LogP contribution in [0, 0.1) is 5.92 Å². The molecule has 2 atom stereocenters. The van der Waals surface area contributed by atoms with Crippen molar-refractivity contribution in [2.45, 2.75) is 32.2 Å². The summed E-state index contributed by atoms with van der Waals surface area (Å²) in [6.07, 6.45) is 1.98.